The summed E-state index contributed by atoms with van der Waals surface area (Å²) in [5.74, 6) is 0.184. The molecule has 1 fully saturated rings. The molecule has 8 nitrogen and oxygen atoms in total. The van der Waals surface area contributed by atoms with Gasteiger partial charge in [-0.15, -0.1) is 0 Å². The minimum Gasteiger partial charge on any atom is -0.381 e. The van der Waals surface area contributed by atoms with Crippen LogP contribution in [0.3, 0.4) is 0 Å². The van der Waals surface area contributed by atoms with Crippen molar-refractivity contribution in [3.05, 3.63) is 65.8 Å². The van der Waals surface area contributed by atoms with Crippen molar-refractivity contribution in [2.75, 3.05) is 37.0 Å². The van der Waals surface area contributed by atoms with E-state index in [-0.39, 0.29) is 17.4 Å². The minimum absolute atomic E-state index is 0.0604. The minimum atomic E-state index is -2.66. The molecule has 1 saturated heterocycles. The van der Waals surface area contributed by atoms with Crippen molar-refractivity contribution in [3.63, 3.8) is 0 Å². The van der Waals surface area contributed by atoms with E-state index in [0.717, 1.165) is 36.9 Å². The molecular weight excluding hydrogens is 488 g/mol. The average molecular weight is 524 g/mol. The number of aryl methyl sites for hydroxylation is 2. The van der Waals surface area contributed by atoms with E-state index in [1.54, 1.807) is 36.3 Å². The van der Waals surface area contributed by atoms with Crippen LogP contribution in [0.2, 0.25) is 0 Å². The first kappa shape index (κ1) is 27.4. The number of hydrogen-bond acceptors (Lipinski definition) is 6. The standard InChI is InChI=1S/C27H30F2N6O.CH5N/c1-3-19-6-7-23(32-20-8-11-36-12-9-20)25(33-19)27(30)35-10-4-5-17-13-21(18-15-31-34(2)16-18)22(26(28)29)14-24(17)35;1-2/h3,6-7,13-16,20,26,30,32H,1,4-5,8-12H2,2H3;2H2,1H3. The summed E-state index contributed by atoms with van der Waals surface area (Å²) in [4.78, 5) is 6.50. The van der Waals surface area contributed by atoms with Gasteiger partial charge < -0.3 is 20.7 Å². The number of pyridine rings is 1. The second kappa shape index (κ2) is 12.3. The zero-order valence-corrected chi connectivity index (χ0v) is 21.9. The lowest BCUT2D eigenvalue weighted by Crippen LogP contribution is -2.37. The molecule has 10 heteroatoms. The summed E-state index contributed by atoms with van der Waals surface area (Å²) >= 11 is 0. The molecule has 0 unspecified atom stereocenters. The molecule has 0 spiro atoms. The normalized spacial score (nSPS) is 15.5. The molecule has 0 radical (unpaired) electrons. The first-order valence-electron chi connectivity index (χ1n) is 12.8. The fourth-order valence-electron chi connectivity index (χ4n) is 4.95. The fourth-order valence-corrected chi connectivity index (χ4v) is 4.95. The Kier molecular flexibility index (Phi) is 8.85. The van der Waals surface area contributed by atoms with Crippen LogP contribution in [0.5, 0.6) is 0 Å². The summed E-state index contributed by atoms with van der Waals surface area (Å²) in [6.07, 6.45) is 5.65. The molecule has 0 bridgehead atoms. The first-order valence-corrected chi connectivity index (χ1v) is 12.8. The van der Waals surface area contributed by atoms with Crippen LogP contribution in [0, 0.1) is 5.41 Å². The van der Waals surface area contributed by atoms with Gasteiger partial charge in [-0.3, -0.25) is 10.1 Å². The Morgan fingerprint density at radius 1 is 1.26 bits per heavy atom. The molecule has 5 rings (SSSR count). The predicted octanol–water partition coefficient (Wildman–Crippen LogP) is 5.01. The van der Waals surface area contributed by atoms with E-state index >= 15 is 0 Å². The Labute approximate surface area is 222 Å². The van der Waals surface area contributed by atoms with Gasteiger partial charge in [0.1, 0.15) is 5.69 Å². The quantitative estimate of drug-likeness (QED) is 0.310. The van der Waals surface area contributed by atoms with Gasteiger partial charge >= 0.3 is 0 Å². The second-order valence-corrected chi connectivity index (χ2v) is 9.24. The zero-order chi connectivity index (χ0) is 27.2. The predicted molar refractivity (Wildman–Crippen MR) is 148 cm³/mol. The molecule has 2 aromatic heterocycles. The monoisotopic (exact) mass is 523 g/mol. The van der Waals surface area contributed by atoms with Crippen molar-refractivity contribution < 1.29 is 13.5 Å². The summed E-state index contributed by atoms with van der Waals surface area (Å²) in [5, 5.41) is 16.8. The molecular formula is C28H35F2N7O. The average Bonchev–Trinajstić information content (AvgIpc) is 3.39. The first-order chi connectivity index (χ1) is 18.4. The Morgan fingerprint density at radius 2 is 2.03 bits per heavy atom. The topological polar surface area (TPSA) is 105 Å². The molecule has 38 heavy (non-hydrogen) atoms. The number of nitrogens with one attached hydrogen (secondary N) is 2. The van der Waals surface area contributed by atoms with E-state index < -0.39 is 6.43 Å². The zero-order valence-electron chi connectivity index (χ0n) is 21.9. The Hall–Kier alpha value is -3.63. The largest absolute Gasteiger partial charge is 0.381 e. The molecule has 0 saturated carbocycles. The van der Waals surface area contributed by atoms with Crippen LogP contribution in [0.25, 0.3) is 17.2 Å². The number of rotatable bonds is 6. The third-order valence-corrected chi connectivity index (χ3v) is 6.82. The number of nitrogens with zero attached hydrogens (tertiary/aromatic N) is 4. The number of benzene rings is 1. The number of anilines is 2. The van der Waals surface area contributed by atoms with Gasteiger partial charge in [0.15, 0.2) is 5.84 Å². The molecule has 4 heterocycles. The maximum absolute atomic E-state index is 14.2. The molecule has 2 aliphatic rings. The maximum atomic E-state index is 14.2. The molecule has 2 aliphatic heterocycles. The van der Waals surface area contributed by atoms with Crippen LogP contribution in [0.4, 0.5) is 20.2 Å². The smallest absolute Gasteiger partial charge is 0.264 e. The van der Waals surface area contributed by atoms with Crippen LogP contribution < -0.4 is 16.0 Å². The highest BCUT2D eigenvalue weighted by Crippen LogP contribution is 2.39. The van der Waals surface area contributed by atoms with Crippen LogP contribution in [0.15, 0.2) is 43.2 Å². The summed E-state index contributed by atoms with van der Waals surface area (Å²) in [6.45, 7) is 5.76. The van der Waals surface area contributed by atoms with Crippen LogP contribution in [0.1, 0.15) is 48.2 Å². The maximum Gasteiger partial charge on any atom is 0.264 e. The molecule has 202 valence electrons. The van der Waals surface area contributed by atoms with Crippen molar-refractivity contribution >= 4 is 23.3 Å². The molecule has 0 amide bonds. The highest BCUT2D eigenvalue weighted by Gasteiger charge is 2.28. The van der Waals surface area contributed by atoms with Gasteiger partial charge in [0, 0.05) is 55.9 Å². The number of nitrogens with two attached hydrogens (primary N) is 1. The van der Waals surface area contributed by atoms with Gasteiger partial charge in [-0.25, -0.2) is 13.8 Å². The molecule has 1 aromatic carbocycles. The van der Waals surface area contributed by atoms with Crippen molar-refractivity contribution in [1.29, 1.82) is 5.41 Å². The van der Waals surface area contributed by atoms with E-state index in [0.29, 0.717) is 48.0 Å². The number of aromatic nitrogens is 3. The summed E-state index contributed by atoms with van der Waals surface area (Å²) in [5.41, 5.74) is 9.06. The van der Waals surface area contributed by atoms with Gasteiger partial charge in [-0.05, 0) is 74.2 Å². The SMILES string of the molecule is C=Cc1ccc(NC2CCOCC2)c(C(=N)N2CCCc3cc(-c4cnn(C)c4)c(C(F)F)cc32)n1.CN. The highest BCUT2D eigenvalue weighted by molar-refractivity contribution is 6.10. The van der Waals surface area contributed by atoms with Gasteiger partial charge in [0.05, 0.1) is 17.6 Å². The van der Waals surface area contributed by atoms with Crippen LogP contribution >= 0.6 is 0 Å². The van der Waals surface area contributed by atoms with E-state index in [9.17, 15) is 8.78 Å². The van der Waals surface area contributed by atoms with E-state index in [1.807, 2.05) is 23.1 Å². The van der Waals surface area contributed by atoms with Gasteiger partial charge in [-0.2, -0.15) is 5.10 Å². The van der Waals surface area contributed by atoms with Gasteiger partial charge in [-0.1, -0.05) is 6.58 Å². The van der Waals surface area contributed by atoms with Crippen LogP contribution in [-0.4, -0.2) is 53.4 Å². The summed E-state index contributed by atoms with van der Waals surface area (Å²) < 4.78 is 35.5. The van der Waals surface area contributed by atoms with E-state index in [2.05, 4.69) is 22.7 Å². The summed E-state index contributed by atoms with van der Waals surface area (Å²) in [6, 6.07) is 7.39. The third kappa shape index (κ3) is 5.76. The number of amidine groups is 1. The Bertz CT molecular complexity index is 1280. The van der Waals surface area contributed by atoms with Crippen molar-refractivity contribution in [2.45, 2.75) is 38.2 Å². The Balaban J connectivity index is 0.00000164. The number of hydrogen-bond donors (Lipinski definition) is 3. The molecule has 4 N–H and O–H groups in total. The van der Waals surface area contributed by atoms with Crippen LogP contribution in [-0.2, 0) is 18.2 Å². The molecule has 3 aromatic rings. The fraction of sp³-hybridized carbons (Fsp3) is 0.393. The van der Waals surface area contributed by atoms with Gasteiger partial charge in [0.2, 0.25) is 0 Å². The highest BCUT2D eigenvalue weighted by atomic mass is 19.3. The lowest BCUT2D eigenvalue weighted by molar-refractivity contribution is 0.0904. The Morgan fingerprint density at radius 3 is 2.68 bits per heavy atom. The lowest BCUT2D eigenvalue weighted by Gasteiger charge is -2.33. The molecule has 0 aliphatic carbocycles. The van der Waals surface area contributed by atoms with Crippen molar-refractivity contribution in [3.8, 4) is 11.1 Å². The number of ether oxygens (including phenoxy) is 1. The lowest BCUT2D eigenvalue weighted by atomic mass is 9.93. The van der Waals surface area contributed by atoms with Crippen molar-refractivity contribution in [2.24, 2.45) is 12.8 Å². The van der Waals surface area contributed by atoms with Gasteiger partial charge in [0.25, 0.3) is 6.43 Å². The molecule has 0 atom stereocenters. The van der Waals surface area contributed by atoms with Crippen molar-refractivity contribution in [1.82, 2.24) is 14.8 Å². The second-order valence-electron chi connectivity index (χ2n) is 9.24. The number of fused-ring (bicyclic) bond motifs is 1. The number of halogens is 2. The van der Waals surface area contributed by atoms with E-state index in [4.69, 9.17) is 15.1 Å². The third-order valence-electron chi connectivity index (χ3n) is 6.82. The number of alkyl halides is 2. The van der Waals surface area contributed by atoms with E-state index in [1.165, 1.54) is 7.05 Å². The summed E-state index contributed by atoms with van der Waals surface area (Å²) in [7, 11) is 3.27.